The normalized spacial score (nSPS) is 14.4. The van der Waals surface area contributed by atoms with E-state index in [0.29, 0.717) is 65.3 Å². The van der Waals surface area contributed by atoms with E-state index in [1.54, 1.807) is 12.1 Å². The molecule has 0 saturated carbocycles. The zero-order valence-electron chi connectivity index (χ0n) is 23.4. The van der Waals surface area contributed by atoms with Crippen molar-refractivity contribution in [2.45, 2.75) is 25.3 Å². The van der Waals surface area contributed by atoms with E-state index in [4.69, 9.17) is 33.9 Å². The molecule has 224 valence electrons. The Bertz CT molecular complexity index is 1650. The second-order valence-corrected chi connectivity index (χ2v) is 11.0. The lowest BCUT2D eigenvalue weighted by molar-refractivity contribution is -0.131. The molecule has 14 heteroatoms. The summed E-state index contributed by atoms with van der Waals surface area (Å²) in [6.45, 7) is 2.93. The molecule has 0 unspecified atom stereocenters. The number of hydrogen-bond donors (Lipinski definition) is 4. The van der Waals surface area contributed by atoms with Crippen LogP contribution in [0.25, 0.3) is 28.2 Å². The Kier molecular flexibility index (Phi) is 9.09. The van der Waals surface area contributed by atoms with Gasteiger partial charge in [0, 0.05) is 29.4 Å². The van der Waals surface area contributed by atoms with Crippen molar-refractivity contribution in [2.24, 2.45) is 5.73 Å². The molecule has 1 aliphatic rings. The number of likely N-dealkylation sites (N-methyl/N-ethyl adjacent to an activating group) is 1. The Morgan fingerprint density at radius 2 is 1.70 bits per heavy atom. The Hall–Kier alpha value is -4.26. The summed E-state index contributed by atoms with van der Waals surface area (Å²) < 4.78 is 1.93. The van der Waals surface area contributed by atoms with Gasteiger partial charge in [-0.1, -0.05) is 42.3 Å². The molecule has 5 rings (SSSR count). The highest BCUT2D eigenvalue weighted by molar-refractivity contribution is 6.33. The number of aromatic nitrogens is 4. The van der Waals surface area contributed by atoms with Crippen molar-refractivity contribution in [1.29, 1.82) is 0 Å². The molecule has 0 atom stereocenters. The summed E-state index contributed by atoms with van der Waals surface area (Å²) in [4.78, 5) is 52.6. The molecule has 0 aliphatic carbocycles. The largest absolute Gasteiger partial charge is 0.368 e. The fourth-order valence-electron chi connectivity index (χ4n) is 5.27. The third kappa shape index (κ3) is 6.41. The zero-order valence-corrected chi connectivity index (χ0v) is 25.0. The van der Waals surface area contributed by atoms with Crippen molar-refractivity contribution in [2.75, 3.05) is 37.6 Å². The lowest BCUT2D eigenvalue weighted by Crippen LogP contribution is -2.62. The van der Waals surface area contributed by atoms with Gasteiger partial charge in [0.15, 0.2) is 17.0 Å². The summed E-state index contributed by atoms with van der Waals surface area (Å²) in [6.07, 6.45) is 2.42. The van der Waals surface area contributed by atoms with Crippen molar-refractivity contribution in [3.63, 3.8) is 0 Å². The van der Waals surface area contributed by atoms with Gasteiger partial charge in [-0.05, 0) is 55.8 Å². The number of hydrogen-bond acceptors (Lipinski definition) is 8. The van der Waals surface area contributed by atoms with Crippen LogP contribution in [0.3, 0.4) is 0 Å². The van der Waals surface area contributed by atoms with Gasteiger partial charge >= 0.3 is 0 Å². The first-order chi connectivity index (χ1) is 20.7. The van der Waals surface area contributed by atoms with E-state index in [0.717, 1.165) is 11.3 Å². The minimum Gasteiger partial charge on any atom is -0.368 e. The molecule has 3 heterocycles. The Morgan fingerprint density at radius 3 is 2.37 bits per heavy atom. The molecule has 0 radical (unpaired) electrons. The van der Waals surface area contributed by atoms with Crippen LogP contribution in [0, 0.1) is 0 Å². The number of rotatable bonds is 10. The van der Waals surface area contributed by atoms with Crippen LogP contribution in [-0.2, 0) is 14.4 Å². The lowest BCUT2D eigenvalue weighted by atomic mass is 9.86. The number of anilines is 1. The standard InChI is InChI=1S/C29H31Cl2N9O3/c1-2-37-29(28(43)34-16-23(42)33-15-22(32)41)11-13-39(14-12-29)26-24-27(36-17-35-26)40(19-9-7-18(30)8-10-19)25(38-24)20-5-3-4-6-21(20)31/h3-10,17,37H,2,11-16H2,1H3,(H2,32,41)(H,33,42)(H,34,43). The van der Waals surface area contributed by atoms with Crippen LogP contribution in [0.2, 0.25) is 10.0 Å². The van der Waals surface area contributed by atoms with Crippen molar-refractivity contribution < 1.29 is 14.4 Å². The molecule has 1 saturated heterocycles. The second-order valence-electron chi connectivity index (χ2n) is 10.1. The van der Waals surface area contributed by atoms with E-state index >= 15 is 0 Å². The topological polar surface area (TPSA) is 160 Å². The second kappa shape index (κ2) is 12.9. The van der Waals surface area contributed by atoms with Crippen molar-refractivity contribution in [3.8, 4) is 17.1 Å². The number of piperidine rings is 1. The molecule has 4 aromatic rings. The van der Waals surface area contributed by atoms with Crippen LogP contribution in [0.1, 0.15) is 19.8 Å². The van der Waals surface area contributed by atoms with E-state index in [1.807, 2.05) is 47.9 Å². The predicted octanol–water partition coefficient (Wildman–Crippen LogP) is 2.46. The summed E-state index contributed by atoms with van der Waals surface area (Å²) >= 11 is 12.8. The highest BCUT2D eigenvalue weighted by atomic mass is 35.5. The number of imidazole rings is 1. The van der Waals surface area contributed by atoms with Crippen LogP contribution < -0.4 is 26.6 Å². The quantitative estimate of drug-likeness (QED) is 0.209. The first-order valence-corrected chi connectivity index (χ1v) is 14.6. The number of benzene rings is 2. The molecule has 1 aliphatic heterocycles. The van der Waals surface area contributed by atoms with Crippen molar-refractivity contribution in [1.82, 2.24) is 35.5 Å². The van der Waals surface area contributed by atoms with Gasteiger partial charge < -0.3 is 26.6 Å². The summed E-state index contributed by atoms with van der Waals surface area (Å²) in [7, 11) is 0. The number of fused-ring (bicyclic) bond motifs is 1. The van der Waals surface area contributed by atoms with Gasteiger partial charge in [0.25, 0.3) is 0 Å². The minimum atomic E-state index is -0.882. The molecular formula is C29H31Cl2N9O3. The van der Waals surface area contributed by atoms with Crippen LogP contribution in [0.5, 0.6) is 0 Å². The Morgan fingerprint density at radius 1 is 0.977 bits per heavy atom. The monoisotopic (exact) mass is 623 g/mol. The van der Waals surface area contributed by atoms with Gasteiger partial charge in [0.05, 0.1) is 18.1 Å². The first kappa shape index (κ1) is 30.2. The molecule has 12 nitrogen and oxygen atoms in total. The van der Waals surface area contributed by atoms with E-state index < -0.39 is 17.4 Å². The molecule has 43 heavy (non-hydrogen) atoms. The Labute approximate surface area is 258 Å². The number of carbonyl (C=O) groups is 3. The maximum absolute atomic E-state index is 13.3. The van der Waals surface area contributed by atoms with Crippen LogP contribution in [0.4, 0.5) is 5.82 Å². The highest BCUT2D eigenvalue weighted by Crippen LogP contribution is 2.36. The highest BCUT2D eigenvalue weighted by Gasteiger charge is 2.41. The van der Waals surface area contributed by atoms with E-state index in [-0.39, 0.29) is 19.0 Å². The molecule has 0 spiro atoms. The molecule has 3 amide bonds. The van der Waals surface area contributed by atoms with Crippen molar-refractivity contribution in [3.05, 3.63) is 64.9 Å². The minimum absolute atomic E-state index is 0.261. The molecular weight excluding hydrogens is 593 g/mol. The summed E-state index contributed by atoms with van der Waals surface area (Å²) in [6, 6.07) is 14.9. The number of primary amides is 1. The average Bonchev–Trinajstić information content (AvgIpc) is 3.39. The number of amides is 3. The summed E-state index contributed by atoms with van der Waals surface area (Å²) in [5.74, 6) is -0.193. The molecule has 1 fully saturated rings. The van der Waals surface area contributed by atoms with Crippen LogP contribution in [0.15, 0.2) is 54.9 Å². The fourth-order valence-corrected chi connectivity index (χ4v) is 5.62. The van der Waals surface area contributed by atoms with Gasteiger partial charge in [0.1, 0.15) is 17.7 Å². The Balaban J connectivity index is 1.44. The number of halogens is 2. The fraction of sp³-hybridized carbons (Fsp3) is 0.310. The molecule has 2 aromatic carbocycles. The van der Waals surface area contributed by atoms with Gasteiger partial charge in [-0.2, -0.15) is 0 Å². The summed E-state index contributed by atoms with van der Waals surface area (Å²) in [5, 5.41) is 9.55. The van der Waals surface area contributed by atoms with Gasteiger partial charge in [-0.3, -0.25) is 19.0 Å². The van der Waals surface area contributed by atoms with Crippen molar-refractivity contribution >= 4 is 57.9 Å². The zero-order chi connectivity index (χ0) is 30.6. The number of nitrogens with zero attached hydrogens (tertiary/aromatic N) is 5. The number of nitrogens with one attached hydrogen (secondary N) is 3. The van der Waals surface area contributed by atoms with E-state index in [2.05, 4.69) is 30.8 Å². The maximum Gasteiger partial charge on any atom is 0.240 e. The van der Waals surface area contributed by atoms with Crippen LogP contribution in [-0.4, -0.2) is 75.5 Å². The first-order valence-electron chi connectivity index (χ1n) is 13.8. The van der Waals surface area contributed by atoms with E-state index in [9.17, 15) is 14.4 Å². The molecule has 0 bridgehead atoms. The smallest absolute Gasteiger partial charge is 0.240 e. The van der Waals surface area contributed by atoms with Gasteiger partial charge in [-0.15, -0.1) is 0 Å². The molecule has 2 aromatic heterocycles. The maximum atomic E-state index is 13.3. The number of nitrogens with two attached hydrogens (primary N) is 1. The average molecular weight is 625 g/mol. The summed E-state index contributed by atoms with van der Waals surface area (Å²) in [5.41, 5.74) is 6.94. The number of carbonyl (C=O) groups excluding carboxylic acids is 3. The van der Waals surface area contributed by atoms with Gasteiger partial charge in [-0.25, -0.2) is 15.0 Å². The van der Waals surface area contributed by atoms with Gasteiger partial charge in [0.2, 0.25) is 17.7 Å². The third-order valence-electron chi connectivity index (χ3n) is 7.36. The lowest BCUT2D eigenvalue weighted by Gasteiger charge is -2.41. The SMILES string of the molecule is CCNC1(C(=O)NCC(=O)NCC(N)=O)CCN(c2ncnc3c2nc(-c2ccccc2Cl)n3-c2ccc(Cl)cc2)CC1. The molecule has 5 N–H and O–H groups in total. The van der Waals surface area contributed by atoms with E-state index in [1.165, 1.54) is 6.33 Å². The van der Waals surface area contributed by atoms with Crippen LogP contribution >= 0.6 is 23.2 Å². The predicted molar refractivity (Wildman–Crippen MR) is 165 cm³/mol. The third-order valence-corrected chi connectivity index (χ3v) is 7.94.